The Morgan fingerprint density at radius 3 is 2.52 bits per heavy atom. The molecule has 0 bridgehead atoms. The highest BCUT2D eigenvalue weighted by Gasteiger charge is 2.20. The maximum absolute atomic E-state index is 11.9. The lowest BCUT2D eigenvalue weighted by Gasteiger charge is -2.19. The Kier molecular flexibility index (Phi) is 4.68. The van der Waals surface area contributed by atoms with E-state index in [1.165, 1.54) is 13.4 Å². The smallest absolute Gasteiger partial charge is 0.413 e. The second-order valence-corrected chi connectivity index (χ2v) is 5.69. The molecule has 7 heteroatoms. The zero-order chi connectivity index (χ0) is 17.0. The Morgan fingerprint density at radius 2 is 1.96 bits per heavy atom. The molecule has 0 saturated carbocycles. The molecule has 1 N–H and O–H groups in total. The van der Waals surface area contributed by atoms with Crippen LogP contribution in [0.1, 0.15) is 31.3 Å². The molecule has 0 spiro atoms. The minimum absolute atomic E-state index is 0.0380. The molecule has 0 unspecified atom stereocenters. The first-order chi connectivity index (χ1) is 10.8. The van der Waals surface area contributed by atoms with Gasteiger partial charge in [-0.15, -0.1) is 0 Å². The fraction of sp³-hybridized carbons (Fsp3) is 0.312. The van der Waals surface area contributed by atoms with Gasteiger partial charge in [0.1, 0.15) is 17.2 Å². The normalized spacial score (nSPS) is 11.0. The monoisotopic (exact) mass is 318 g/mol. The van der Waals surface area contributed by atoms with E-state index in [0.717, 1.165) is 0 Å². The van der Waals surface area contributed by atoms with Gasteiger partial charge in [0.25, 0.3) is 0 Å². The highest BCUT2D eigenvalue weighted by molar-refractivity contribution is 5.95. The Balaban J connectivity index is 2.30. The van der Waals surface area contributed by atoms with Crippen LogP contribution in [0.3, 0.4) is 0 Å². The third kappa shape index (κ3) is 4.32. The maximum Gasteiger partial charge on any atom is 0.413 e. The van der Waals surface area contributed by atoms with Crippen LogP contribution in [0, 0.1) is 0 Å². The standard InChI is InChI=1S/C16H18N2O5/c1-16(2,3)23-15(20)18-12-8-7-10(11-6-5-9-22-11)13(17-12)14(19)21-4/h5-9H,1-4H3,(H,17,18,20). The number of esters is 1. The largest absolute Gasteiger partial charge is 0.464 e. The van der Waals surface area contributed by atoms with Gasteiger partial charge in [-0.2, -0.15) is 0 Å². The first-order valence-corrected chi connectivity index (χ1v) is 6.93. The lowest BCUT2D eigenvalue weighted by Crippen LogP contribution is -2.27. The zero-order valence-corrected chi connectivity index (χ0v) is 13.4. The van der Waals surface area contributed by atoms with Gasteiger partial charge in [-0.1, -0.05) is 0 Å². The zero-order valence-electron chi connectivity index (χ0n) is 13.4. The fourth-order valence-corrected chi connectivity index (χ4v) is 1.82. The number of hydrogen-bond donors (Lipinski definition) is 1. The van der Waals surface area contributed by atoms with Crippen molar-refractivity contribution in [2.24, 2.45) is 0 Å². The molecule has 2 aromatic heterocycles. The van der Waals surface area contributed by atoms with Crippen molar-refractivity contribution in [1.29, 1.82) is 0 Å². The molecular weight excluding hydrogens is 300 g/mol. The number of nitrogens with zero attached hydrogens (tertiary/aromatic N) is 1. The van der Waals surface area contributed by atoms with Crippen molar-refractivity contribution in [3.05, 3.63) is 36.2 Å². The summed E-state index contributed by atoms with van der Waals surface area (Å²) in [7, 11) is 1.25. The van der Waals surface area contributed by atoms with E-state index in [1.54, 1.807) is 45.0 Å². The Hall–Kier alpha value is -2.83. The summed E-state index contributed by atoms with van der Waals surface area (Å²) in [6.45, 7) is 5.25. The summed E-state index contributed by atoms with van der Waals surface area (Å²) in [6.07, 6.45) is 0.829. The van der Waals surface area contributed by atoms with Gasteiger partial charge < -0.3 is 13.9 Å². The topological polar surface area (TPSA) is 90.7 Å². The molecule has 122 valence electrons. The van der Waals surface area contributed by atoms with Gasteiger partial charge in [0, 0.05) is 0 Å². The molecule has 0 aliphatic rings. The first kappa shape index (κ1) is 16.5. The highest BCUT2D eigenvalue weighted by atomic mass is 16.6. The predicted molar refractivity (Wildman–Crippen MR) is 83.1 cm³/mol. The van der Waals surface area contributed by atoms with Crippen molar-refractivity contribution in [3.8, 4) is 11.3 Å². The Labute approximate surface area is 133 Å². The summed E-state index contributed by atoms with van der Waals surface area (Å²) in [6, 6.07) is 6.56. The van der Waals surface area contributed by atoms with Crippen molar-refractivity contribution >= 4 is 17.9 Å². The van der Waals surface area contributed by atoms with Crippen LogP contribution in [0.4, 0.5) is 10.6 Å². The minimum Gasteiger partial charge on any atom is -0.464 e. The molecule has 0 aromatic carbocycles. The number of furan rings is 1. The highest BCUT2D eigenvalue weighted by Crippen LogP contribution is 2.25. The lowest BCUT2D eigenvalue weighted by molar-refractivity contribution is 0.0589. The summed E-state index contributed by atoms with van der Waals surface area (Å²) in [5, 5.41) is 2.48. The minimum atomic E-state index is -0.661. The van der Waals surface area contributed by atoms with Crippen LogP contribution < -0.4 is 5.32 Å². The quantitative estimate of drug-likeness (QED) is 0.871. The van der Waals surface area contributed by atoms with E-state index in [1.807, 2.05) is 0 Å². The maximum atomic E-state index is 11.9. The van der Waals surface area contributed by atoms with Crippen molar-refractivity contribution in [3.63, 3.8) is 0 Å². The molecule has 0 saturated heterocycles. The number of methoxy groups -OCH3 is 1. The molecule has 2 rings (SSSR count). The SMILES string of the molecule is COC(=O)c1nc(NC(=O)OC(C)(C)C)ccc1-c1ccco1. The molecule has 0 aliphatic carbocycles. The van der Waals surface area contributed by atoms with E-state index in [4.69, 9.17) is 13.9 Å². The molecular formula is C16H18N2O5. The number of ether oxygens (including phenoxy) is 2. The van der Waals surface area contributed by atoms with Crippen LogP contribution in [-0.2, 0) is 9.47 Å². The van der Waals surface area contributed by atoms with Crippen LogP contribution in [0.2, 0.25) is 0 Å². The molecule has 1 amide bonds. The van der Waals surface area contributed by atoms with Gasteiger partial charge in [-0.3, -0.25) is 5.32 Å². The van der Waals surface area contributed by atoms with E-state index in [2.05, 4.69) is 10.3 Å². The summed E-state index contributed by atoms with van der Waals surface area (Å²) < 4.78 is 15.2. The van der Waals surface area contributed by atoms with Crippen LogP contribution >= 0.6 is 0 Å². The number of carbonyl (C=O) groups excluding carboxylic acids is 2. The molecule has 23 heavy (non-hydrogen) atoms. The number of amides is 1. The molecule has 7 nitrogen and oxygen atoms in total. The predicted octanol–water partition coefficient (Wildman–Crippen LogP) is 3.48. The van der Waals surface area contributed by atoms with Gasteiger partial charge in [0.2, 0.25) is 0 Å². The number of anilines is 1. The Morgan fingerprint density at radius 1 is 1.22 bits per heavy atom. The van der Waals surface area contributed by atoms with E-state index in [0.29, 0.717) is 11.3 Å². The van der Waals surface area contributed by atoms with Gasteiger partial charge in [0.15, 0.2) is 5.69 Å². The molecule has 0 atom stereocenters. The third-order valence-corrected chi connectivity index (χ3v) is 2.69. The average molecular weight is 318 g/mol. The molecule has 2 heterocycles. The van der Waals surface area contributed by atoms with Gasteiger partial charge in [0.05, 0.1) is 18.9 Å². The van der Waals surface area contributed by atoms with Gasteiger partial charge in [-0.05, 0) is 45.0 Å². The number of carbonyl (C=O) groups is 2. The molecule has 0 fully saturated rings. The molecule has 2 aromatic rings. The molecule has 0 aliphatic heterocycles. The number of nitrogens with one attached hydrogen (secondary N) is 1. The van der Waals surface area contributed by atoms with Crippen molar-refractivity contribution in [2.75, 3.05) is 12.4 Å². The van der Waals surface area contributed by atoms with E-state index >= 15 is 0 Å². The van der Waals surface area contributed by atoms with E-state index < -0.39 is 17.7 Å². The summed E-state index contributed by atoms with van der Waals surface area (Å²) in [5.41, 5.74) is -0.129. The van der Waals surface area contributed by atoms with Crippen LogP contribution in [0.15, 0.2) is 34.9 Å². The van der Waals surface area contributed by atoms with Gasteiger partial charge in [-0.25, -0.2) is 14.6 Å². The summed E-state index contributed by atoms with van der Waals surface area (Å²) in [4.78, 5) is 27.8. The second-order valence-electron chi connectivity index (χ2n) is 5.69. The average Bonchev–Trinajstić information content (AvgIpc) is 2.98. The summed E-state index contributed by atoms with van der Waals surface area (Å²) in [5.74, 6) is 0.0147. The van der Waals surface area contributed by atoms with Crippen molar-refractivity contribution in [1.82, 2.24) is 4.98 Å². The van der Waals surface area contributed by atoms with E-state index in [9.17, 15) is 9.59 Å². The fourth-order valence-electron chi connectivity index (χ4n) is 1.82. The second kappa shape index (κ2) is 6.51. The number of hydrogen-bond acceptors (Lipinski definition) is 6. The van der Waals surface area contributed by atoms with Gasteiger partial charge >= 0.3 is 12.1 Å². The number of rotatable bonds is 3. The van der Waals surface area contributed by atoms with Crippen molar-refractivity contribution in [2.45, 2.75) is 26.4 Å². The number of pyridine rings is 1. The Bertz CT molecular complexity index is 702. The first-order valence-electron chi connectivity index (χ1n) is 6.93. The third-order valence-electron chi connectivity index (χ3n) is 2.69. The van der Waals surface area contributed by atoms with Crippen LogP contribution in [0.25, 0.3) is 11.3 Å². The number of aromatic nitrogens is 1. The van der Waals surface area contributed by atoms with E-state index in [-0.39, 0.29) is 11.5 Å². The van der Waals surface area contributed by atoms with Crippen molar-refractivity contribution < 1.29 is 23.5 Å². The lowest BCUT2D eigenvalue weighted by atomic mass is 10.1. The van der Waals surface area contributed by atoms with Crippen LogP contribution in [-0.4, -0.2) is 29.8 Å². The molecule has 0 radical (unpaired) electrons. The van der Waals surface area contributed by atoms with Crippen LogP contribution in [0.5, 0.6) is 0 Å². The summed E-state index contributed by atoms with van der Waals surface area (Å²) >= 11 is 0.